The molecule has 0 atom stereocenters. The van der Waals surface area contributed by atoms with E-state index < -0.39 is 11.9 Å². The molecule has 0 radical (unpaired) electrons. The Morgan fingerprint density at radius 1 is 1.33 bits per heavy atom. The molecule has 0 spiro atoms. The van der Waals surface area contributed by atoms with E-state index in [0.29, 0.717) is 13.0 Å². The van der Waals surface area contributed by atoms with Crippen LogP contribution in [0, 0.1) is 0 Å². The van der Waals surface area contributed by atoms with E-state index >= 15 is 0 Å². The van der Waals surface area contributed by atoms with Gasteiger partial charge in [-0.1, -0.05) is 17.3 Å². The van der Waals surface area contributed by atoms with Gasteiger partial charge in [0.25, 0.3) is 5.91 Å². The minimum Gasteiger partial charge on any atom is -0.497 e. The molecule has 1 aromatic heterocycles. The largest absolute Gasteiger partial charge is 0.497 e. The summed E-state index contributed by atoms with van der Waals surface area (Å²) in [5, 5.41) is 14.7. The molecule has 0 bridgehead atoms. The van der Waals surface area contributed by atoms with Crippen molar-refractivity contribution in [3.63, 3.8) is 0 Å². The minimum absolute atomic E-state index is 0.0536. The minimum atomic E-state index is -1.26. The molecule has 21 heavy (non-hydrogen) atoms. The third kappa shape index (κ3) is 3.82. The number of nitrogens with zero attached hydrogens (tertiary/aromatic N) is 1. The van der Waals surface area contributed by atoms with E-state index in [4.69, 9.17) is 9.84 Å². The monoisotopic (exact) mass is 290 g/mol. The molecule has 1 aromatic carbocycles. The topological polar surface area (TPSA) is 102 Å². The molecule has 0 fully saturated rings. The number of nitrogens with one attached hydrogen (secondary N) is 1. The van der Waals surface area contributed by atoms with Gasteiger partial charge in [0.15, 0.2) is 5.69 Å². The van der Waals surface area contributed by atoms with Gasteiger partial charge in [0.05, 0.1) is 7.11 Å². The van der Waals surface area contributed by atoms with Crippen molar-refractivity contribution in [1.82, 2.24) is 10.5 Å². The van der Waals surface area contributed by atoms with Crippen LogP contribution in [0.2, 0.25) is 0 Å². The number of hydrogen-bond acceptors (Lipinski definition) is 5. The lowest BCUT2D eigenvalue weighted by Gasteiger charge is -2.04. The molecule has 0 aliphatic rings. The number of carboxylic acid groups (broad SMARTS) is 1. The first-order valence-corrected chi connectivity index (χ1v) is 6.21. The number of benzene rings is 1. The summed E-state index contributed by atoms with van der Waals surface area (Å²) in [5.41, 5.74) is 0.990. The van der Waals surface area contributed by atoms with Gasteiger partial charge < -0.3 is 19.7 Å². The van der Waals surface area contributed by atoms with Gasteiger partial charge in [-0.25, -0.2) is 4.79 Å². The van der Waals surface area contributed by atoms with Gasteiger partial charge >= 0.3 is 5.97 Å². The summed E-state index contributed by atoms with van der Waals surface area (Å²) < 4.78 is 9.57. The quantitative estimate of drug-likeness (QED) is 0.832. The second-order valence-corrected chi connectivity index (χ2v) is 4.24. The first-order valence-electron chi connectivity index (χ1n) is 6.21. The second-order valence-electron chi connectivity index (χ2n) is 4.24. The maximum Gasteiger partial charge on any atom is 0.374 e. The van der Waals surface area contributed by atoms with Crippen LogP contribution in [0.3, 0.4) is 0 Å². The van der Waals surface area contributed by atoms with Crippen molar-refractivity contribution in [2.24, 2.45) is 0 Å². The Labute approximate surface area is 120 Å². The number of aromatic nitrogens is 1. The molecule has 0 saturated heterocycles. The van der Waals surface area contributed by atoms with Gasteiger partial charge in [-0.3, -0.25) is 4.79 Å². The molecule has 7 heteroatoms. The second kappa shape index (κ2) is 6.56. The fraction of sp³-hybridized carbons (Fsp3) is 0.214. The summed E-state index contributed by atoms with van der Waals surface area (Å²) in [6.45, 7) is 0.403. The first-order chi connectivity index (χ1) is 10.1. The molecule has 2 N–H and O–H groups in total. The van der Waals surface area contributed by atoms with Gasteiger partial charge in [0.2, 0.25) is 5.76 Å². The number of aromatic carboxylic acids is 1. The van der Waals surface area contributed by atoms with Crippen LogP contribution in [0.5, 0.6) is 5.75 Å². The van der Waals surface area contributed by atoms with E-state index in [9.17, 15) is 9.59 Å². The van der Waals surface area contributed by atoms with E-state index in [-0.39, 0.29) is 11.5 Å². The zero-order valence-electron chi connectivity index (χ0n) is 11.3. The number of rotatable bonds is 6. The number of amides is 1. The Morgan fingerprint density at radius 2 is 2.05 bits per heavy atom. The Balaban J connectivity index is 1.84. The van der Waals surface area contributed by atoms with Gasteiger partial charge in [-0.2, -0.15) is 0 Å². The van der Waals surface area contributed by atoms with Gasteiger partial charge in [0, 0.05) is 12.6 Å². The van der Waals surface area contributed by atoms with Gasteiger partial charge in [-0.15, -0.1) is 0 Å². The third-order valence-corrected chi connectivity index (χ3v) is 2.81. The third-order valence-electron chi connectivity index (χ3n) is 2.81. The maximum atomic E-state index is 11.7. The van der Waals surface area contributed by atoms with Crippen LogP contribution in [0.15, 0.2) is 34.9 Å². The Kier molecular flexibility index (Phi) is 4.55. The van der Waals surface area contributed by atoms with E-state index in [1.54, 1.807) is 7.11 Å². The van der Waals surface area contributed by atoms with Crippen molar-refractivity contribution in [1.29, 1.82) is 0 Å². The lowest BCUT2D eigenvalue weighted by atomic mass is 10.1. The molecular weight excluding hydrogens is 276 g/mol. The van der Waals surface area contributed by atoms with Crippen molar-refractivity contribution in [2.75, 3.05) is 13.7 Å². The van der Waals surface area contributed by atoms with Crippen molar-refractivity contribution in [3.8, 4) is 5.75 Å². The van der Waals surface area contributed by atoms with Crippen LogP contribution >= 0.6 is 0 Å². The SMILES string of the molecule is COc1ccc(CCNC(=O)c2cc(C(=O)O)on2)cc1. The first kappa shape index (κ1) is 14.6. The molecule has 0 aliphatic heterocycles. The van der Waals surface area contributed by atoms with Crippen molar-refractivity contribution in [2.45, 2.75) is 6.42 Å². The predicted octanol–water partition coefficient (Wildman–Crippen LogP) is 1.35. The van der Waals surface area contributed by atoms with Crippen LogP contribution in [-0.2, 0) is 6.42 Å². The molecule has 7 nitrogen and oxygen atoms in total. The molecular formula is C14H14N2O5. The molecule has 110 valence electrons. The molecule has 1 amide bonds. The van der Waals surface area contributed by atoms with Crippen molar-refractivity contribution < 1.29 is 24.0 Å². The number of hydrogen-bond donors (Lipinski definition) is 2. The Morgan fingerprint density at radius 3 is 2.62 bits per heavy atom. The average molecular weight is 290 g/mol. The summed E-state index contributed by atoms with van der Waals surface area (Å²) >= 11 is 0. The van der Waals surface area contributed by atoms with Crippen LogP contribution in [0.4, 0.5) is 0 Å². The molecule has 1 heterocycles. The Hall–Kier alpha value is -2.83. The highest BCUT2D eigenvalue weighted by molar-refractivity contribution is 5.94. The summed E-state index contributed by atoms with van der Waals surface area (Å²) in [6, 6.07) is 8.58. The normalized spacial score (nSPS) is 10.1. The number of methoxy groups -OCH3 is 1. The van der Waals surface area contributed by atoms with Crippen LogP contribution in [0.25, 0.3) is 0 Å². The predicted molar refractivity (Wildman–Crippen MR) is 72.5 cm³/mol. The van der Waals surface area contributed by atoms with Crippen LogP contribution in [0.1, 0.15) is 26.6 Å². The van der Waals surface area contributed by atoms with E-state index in [2.05, 4.69) is 15.0 Å². The fourth-order valence-corrected chi connectivity index (χ4v) is 1.69. The highest BCUT2D eigenvalue weighted by atomic mass is 16.5. The molecule has 0 saturated carbocycles. The molecule has 2 aromatic rings. The summed E-state index contributed by atoms with van der Waals surface area (Å²) in [7, 11) is 1.60. The van der Waals surface area contributed by atoms with Crippen LogP contribution in [-0.4, -0.2) is 35.8 Å². The average Bonchev–Trinajstić information content (AvgIpc) is 2.98. The molecule has 2 rings (SSSR count). The zero-order chi connectivity index (χ0) is 15.2. The van der Waals surface area contributed by atoms with E-state index in [1.807, 2.05) is 24.3 Å². The van der Waals surface area contributed by atoms with E-state index in [0.717, 1.165) is 17.4 Å². The fourth-order valence-electron chi connectivity index (χ4n) is 1.69. The van der Waals surface area contributed by atoms with Gasteiger partial charge in [-0.05, 0) is 24.1 Å². The summed E-state index contributed by atoms with van der Waals surface area (Å²) in [6.07, 6.45) is 0.638. The van der Waals surface area contributed by atoms with Crippen molar-refractivity contribution >= 4 is 11.9 Å². The number of ether oxygens (including phenoxy) is 1. The number of carboxylic acids is 1. The lowest BCUT2D eigenvalue weighted by Crippen LogP contribution is -2.25. The Bertz CT molecular complexity index is 633. The maximum absolute atomic E-state index is 11.7. The van der Waals surface area contributed by atoms with Crippen molar-refractivity contribution in [3.05, 3.63) is 47.3 Å². The highest BCUT2D eigenvalue weighted by Crippen LogP contribution is 2.11. The summed E-state index contributed by atoms with van der Waals surface area (Å²) in [5.74, 6) is -1.33. The smallest absolute Gasteiger partial charge is 0.374 e. The van der Waals surface area contributed by atoms with E-state index in [1.165, 1.54) is 0 Å². The van der Waals surface area contributed by atoms with Gasteiger partial charge in [0.1, 0.15) is 5.75 Å². The number of carbonyl (C=O) groups excluding carboxylic acids is 1. The zero-order valence-corrected chi connectivity index (χ0v) is 11.3. The highest BCUT2D eigenvalue weighted by Gasteiger charge is 2.15. The summed E-state index contributed by atoms with van der Waals surface area (Å²) in [4.78, 5) is 22.3. The molecule has 0 aliphatic carbocycles. The number of carbonyl (C=O) groups is 2. The van der Waals surface area contributed by atoms with Crippen LogP contribution < -0.4 is 10.1 Å². The molecule has 0 unspecified atom stereocenters. The lowest BCUT2D eigenvalue weighted by molar-refractivity contribution is 0.0651. The standard InChI is InChI=1S/C14H14N2O5/c1-20-10-4-2-9(3-5-10)6-7-15-13(17)11-8-12(14(18)19)21-16-11/h2-5,8H,6-7H2,1H3,(H,15,17)(H,18,19).